The van der Waals surface area contributed by atoms with Crippen LogP contribution in [0, 0.1) is 0 Å². The van der Waals surface area contributed by atoms with Crippen molar-refractivity contribution in [3.8, 4) is 5.75 Å². The van der Waals surface area contributed by atoms with Crippen molar-refractivity contribution >= 4 is 34.4 Å². The number of esters is 2. The molecule has 0 saturated carbocycles. The Morgan fingerprint density at radius 2 is 1.95 bits per heavy atom. The molecule has 0 N–H and O–H groups in total. The van der Waals surface area contributed by atoms with Gasteiger partial charge >= 0.3 is 11.9 Å². The fourth-order valence-electron chi connectivity index (χ4n) is 1.75. The average Bonchev–Trinajstić information content (AvgIpc) is 2.51. The minimum absolute atomic E-state index is 0.0125. The molecule has 0 atom stereocenters. The van der Waals surface area contributed by atoms with Crippen LogP contribution in [-0.4, -0.2) is 36.7 Å². The molecule has 7 heteroatoms. The van der Waals surface area contributed by atoms with E-state index in [9.17, 15) is 9.59 Å². The lowest BCUT2D eigenvalue weighted by molar-refractivity contribution is -0.152. The van der Waals surface area contributed by atoms with E-state index in [-0.39, 0.29) is 19.8 Å². The number of benzene rings is 1. The van der Waals surface area contributed by atoms with Gasteiger partial charge in [-0.25, -0.2) is 4.79 Å². The first-order chi connectivity index (χ1) is 10.6. The molecule has 116 valence electrons. The Kier molecular flexibility index (Phi) is 5.55. The Balaban J connectivity index is 1.91. The van der Waals surface area contributed by atoms with Gasteiger partial charge in [-0.3, -0.25) is 9.78 Å². The van der Waals surface area contributed by atoms with Crippen molar-refractivity contribution in [3.63, 3.8) is 0 Å². The van der Waals surface area contributed by atoms with Crippen molar-refractivity contribution in [2.45, 2.75) is 6.92 Å². The highest BCUT2D eigenvalue weighted by molar-refractivity contribution is 6.35. The molecular formula is C15H14ClNO5. The molecule has 0 amide bonds. The van der Waals surface area contributed by atoms with Gasteiger partial charge in [-0.1, -0.05) is 11.6 Å². The summed E-state index contributed by atoms with van der Waals surface area (Å²) in [4.78, 5) is 26.3. The molecule has 0 fully saturated rings. The fourth-order valence-corrected chi connectivity index (χ4v) is 1.96. The normalized spacial score (nSPS) is 10.3. The number of carbonyl (C=O) groups excluding carboxylic acids is 2. The van der Waals surface area contributed by atoms with Gasteiger partial charge in [0.25, 0.3) is 0 Å². The van der Waals surface area contributed by atoms with Crippen LogP contribution < -0.4 is 4.74 Å². The zero-order valence-corrected chi connectivity index (χ0v) is 12.6. The number of nitrogens with zero attached hydrogens (tertiary/aromatic N) is 1. The second-order valence-electron chi connectivity index (χ2n) is 4.29. The summed E-state index contributed by atoms with van der Waals surface area (Å²) in [6.45, 7) is 1.02. The third kappa shape index (κ3) is 4.33. The number of pyridine rings is 1. The van der Waals surface area contributed by atoms with Gasteiger partial charge in [0, 0.05) is 18.5 Å². The number of halogens is 1. The van der Waals surface area contributed by atoms with Crippen molar-refractivity contribution < 1.29 is 23.8 Å². The molecule has 0 aliphatic heterocycles. The van der Waals surface area contributed by atoms with E-state index in [1.165, 1.54) is 6.92 Å². The first kappa shape index (κ1) is 16.0. The van der Waals surface area contributed by atoms with Gasteiger partial charge in [0.2, 0.25) is 0 Å². The van der Waals surface area contributed by atoms with E-state index < -0.39 is 11.9 Å². The van der Waals surface area contributed by atoms with Crippen LogP contribution in [0.5, 0.6) is 5.75 Å². The summed E-state index contributed by atoms with van der Waals surface area (Å²) < 4.78 is 14.9. The molecule has 0 spiro atoms. The number of fused-ring (bicyclic) bond motifs is 1. The molecule has 2 rings (SSSR count). The molecule has 22 heavy (non-hydrogen) atoms. The standard InChI is InChI=1S/C15H14ClNO5/c1-10(18)20-7-8-21-14(19)9-22-13-5-4-12(16)11-3-2-6-17-15(11)13/h2-6H,7-9H2,1H3. The molecule has 1 aromatic carbocycles. The Morgan fingerprint density at radius 1 is 1.18 bits per heavy atom. The smallest absolute Gasteiger partial charge is 0.344 e. The number of aromatic nitrogens is 1. The van der Waals surface area contributed by atoms with Crippen molar-refractivity contribution in [1.29, 1.82) is 0 Å². The van der Waals surface area contributed by atoms with Crippen molar-refractivity contribution in [3.05, 3.63) is 35.5 Å². The predicted molar refractivity (Wildman–Crippen MR) is 79.8 cm³/mol. The Labute approximate surface area is 131 Å². The number of rotatable bonds is 6. The average molecular weight is 324 g/mol. The van der Waals surface area contributed by atoms with Gasteiger partial charge in [-0.2, -0.15) is 0 Å². The number of hydrogen-bond acceptors (Lipinski definition) is 6. The van der Waals surface area contributed by atoms with E-state index in [1.807, 2.05) is 6.07 Å². The van der Waals surface area contributed by atoms with E-state index in [4.69, 9.17) is 21.1 Å². The third-order valence-corrected chi connectivity index (χ3v) is 3.01. The second-order valence-corrected chi connectivity index (χ2v) is 4.70. The Bertz CT molecular complexity index is 689. The highest BCUT2D eigenvalue weighted by Gasteiger charge is 2.10. The number of hydrogen-bond donors (Lipinski definition) is 0. The Morgan fingerprint density at radius 3 is 2.73 bits per heavy atom. The summed E-state index contributed by atoms with van der Waals surface area (Å²) in [7, 11) is 0. The van der Waals surface area contributed by atoms with Gasteiger partial charge < -0.3 is 14.2 Å². The van der Waals surface area contributed by atoms with Crippen LogP contribution in [0.1, 0.15) is 6.92 Å². The predicted octanol–water partition coefficient (Wildman–Crippen LogP) is 2.37. The lowest BCUT2D eigenvalue weighted by atomic mass is 10.2. The van der Waals surface area contributed by atoms with Crippen LogP contribution in [0.4, 0.5) is 0 Å². The summed E-state index contributed by atoms with van der Waals surface area (Å²) in [5.74, 6) is -0.547. The van der Waals surface area contributed by atoms with E-state index in [2.05, 4.69) is 9.72 Å². The molecule has 1 aromatic heterocycles. The number of ether oxygens (including phenoxy) is 3. The minimum Gasteiger partial charge on any atom is -0.480 e. The van der Waals surface area contributed by atoms with Gasteiger partial charge in [-0.05, 0) is 24.3 Å². The van der Waals surface area contributed by atoms with E-state index in [1.54, 1.807) is 24.4 Å². The van der Waals surface area contributed by atoms with Crippen molar-refractivity contribution in [1.82, 2.24) is 4.98 Å². The maximum Gasteiger partial charge on any atom is 0.344 e. The molecule has 0 unspecified atom stereocenters. The molecule has 6 nitrogen and oxygen atoms in total. The van der Waals surface area contributed by atoms with Gasteiger partial charge in [0.05, 0.1) is 5.02 Å². The SMILES string of the molecule is CC(=O)OCCOC(=O)COc1ccc(Cl)c2cccnc12. The summed E-state index contributed by atoms with van der Waals surface area (Å²) in [5.41, 5.74) is 0.572. The molecule has 0 aliphatic rings. The van der Waals surface area contributed by atoms with Crippen molar-refractivity contribution in [2.24, 2.45) is 0 Å². The largest absolute Gasteiger partial charge is 0.480 e. The molecule has 0 saturated heterocycles. The zero-order valence-electron chi connectivity index (χ0n) is 11.9. The minimum atomic E-state index is -0.564. The van der Waals surface area contributed by atoms with Gasteiger partial charge in [-0.15, -0.1) is 0 Å². The molecule has 0 radical (unpaired) electrons. The highest BCUT2D eigenvalue weighted by Crippen LogP contribution is 2.29. The van der Waals surface area contributed by atoms with Crippen LogP contribution in [0.15, 0.2) is 30.5 Å². The monoisotopic (exact) mass is 323 g/mol. The highest BCUT2D eigenvalue weighted by atomic mass is 35.5. The summed E-state index contributed by atoms with van der Waals surface area (Å²) in [5, 5.41) is 1.30. The molecule has 2 aromatic rings. The lowest BCUT2D eigenvalue weighted by Gasteiger charge is -2.09. The van der Waals surface area contributed by atoms with E-state index >= 15 is 0 Å². The first-order valence-corrected chi connectivity index (χ1v) is 6.90. The maximum absolute atomic E-state index is 11.5. The Hall–Kier alpha value is -2.34. The van der Waals surface area contributed by atoms with Gasteiger partial charge in [0.1, 0.15) is 24.5 Å². The van der Waals surface area contributed by atoms with Crippen LogP contribution >= 0.6 is 11.6 Å². The summed E-state index contributed by atoms with van der Waals surface area (Å²) in [6, 6.07) is 6.90. The van der Waals surface area contributed by atoms with Crippen LogP contribution in [0.3, 0.4) is 0 Å². The zero-order chi connectivity index (χ0) is 15.9. The molecule has 0 aliphatic carbocycles. The molecule has 1 heterocycles. The van der Waals surface area contributed by atoms with Crippen LogP contribution in [0.2, 0.25) is 5.02 Å². The second kappa shape index (κ2) is 7.61. The lowest BCUT2D eigenvalue weighted by Crippen LogP contribution is -2.18. The van der Waals surface area contributed by atoms with E-state index in [0.29, 0.717) is 16.3 Å². The summed E-state index contributed by atoms with van der Waals surface area (Å²) >= 11 is 6.07. The van der Waals surface area contributed by atoms with Gasteiger partial charge in [0.15, 0.2) is 6.61 Å². The third-order valence-electron chi connectivity index (χ3n) is 2.68. The molecule has 0 bridgehead atoms. The van der Waals surface area contributed by atoms with Crippen molar-refractivity contribution in [2.75, 3.05) is 19.8 Å². The topological polar surface area (TPSA) is 74.7 Å². The maximum atomic E-state index is 11.5. The van der Waals surface area contributed by atoms with Crippen LogP contribution in [-0.2, 0) is 19.1 Å². The van der Waals surface area contributed by atoms with Crippen LogP contribution in [0.25, 0.3) is 10.9 Å². The summed E-state index contributed by atoms with van der Waals surface area (Å²) in [6.07, 6.45) is 1.61. The molecular weight excluding hydrogens is 310 g/mol. The number of carbonyl (C=O) groups is 2. The first-order valence-electron chi connectivity index (χ1n) is 6.53. The van der Waals surface area contributed by atoms with E-state index in [0.717, 1.165) is 5.39 Å². The fraction of sp³-hybridized carbons (Fsp3) is 0.267. The quantitative estimate of drug-likeness (QED) is 0.600.